The predicted molar refractivity (Wildman–Crippen MR) is 90.3 cm³/mol. The van der Waals surface area contributed by atoms with Crippen LogP contribution in [0.4, 0.5) is 13.2 Å². The predicted octanol–water partition coefficient (Wildman–Crippen LogP) is 4.31. The normalized spacial score (nSPS) is 17.5. The topological polar surface area (TPSA) is 28.0 Å². The van der Waals surface area contributed by atoms with Gasteiger partial charge in [-0.2, -0.15) is 18.3 Å². The highest BCUT2D eigenvalue weighted by Gasteiger charge is 2.30. The van der Waals surface area contributed by atoms with Gasteiger partial charge in [-0.1, -0.05) is 18.2 Å². The summed E-state index contributed by atoms with van der Waals surface area (Å²) in [5, 5.41) is 6.36. The number of fused-ring (bicyclic) bond motifs is 1. The van der Waals surface area contributed by atoms with Gasteiger partial charge in [-0.3, -0.25) is 4.99 Å². The number of halogens is 4. The molecule has 2 aliphatic heterocycles. The van der Waals surface area contributed by atoms with Crippen molar-refractivity contribution in [2.45, 2.75) is 25.9 Å². The molecule has 3 rings (SSSR count). The van der Waals surface area contributed by atoms with E-state index in [-0.39, 0.29) is 20.7 Å². The molecule has 0 fully saturated rings. The fourth-order valence-corrected chi connectivity index (χ4v) is 4.68. The molecule has 0 aromatic heterocycles. The Morgan fingerprint density at radius 3 is 2.77 bits per heavy atom. The van der Waals surface area contributed by atoms with E-state index in [0.29, 0.717) is 18.4 Å². The van der Waals surface area contributed by atoms with Crippen LogP contribution in [-0.4, -0.2) is 18.1 Å². The van der Waals surface area contributed by atoms with Gasteiger partial charge in [-0.25, -0.2) is 5.01 Å². The standard InChI is InChI=1S/C15H13F3IN3/c1-10-14-19-13(21-22(14)8-7-20-10)6-5-11-3-2-4-12(9-11)15(16,17)18/h2-4,7-9H,5-6H2,1H3. The van der Waals surface area contributed by atoms with Crippen molar-refractivity contribution in [2.75, 3.05) is 0 Å². The van der Waals surface area contributed by atoms with Crippen molar-refractivity contribution in [2.24, 2.45) is 10.1 Å². The average Bonchev–Trinajstić information content (AvgIpc) is 2.89. The number of benzene rings is 1. The zero-order valence-corrected chi connectivity index (χ0v) is 13.9. The largest absolute Gasteiger partial charge is 0.416 e. The second kappa shape index (κ2) is 5.94. The van der Waals surface area contributed by atoms with E-state index >= 15 is 0 Å². The van der Waals surface area contributed by atoms with Gasteiger partial charge in [0.2, 0.25) is 0 Å². The summed E-state index contributed by atoms with van der Waals surface area (Å²) in [6.07, 6.45) is 0.503. The highest BCUT2D eigenvalue weighted by molar-refractivity contribution is 14.2. The molecule has 0 radical (unpaired) electrons. The van der Waals surface area contributed by atoms with Gasteiger partial charge in [-0.05, 0) is 45.7 Å². The first-order valence-corrected chi connectivity index (χ1v) is 8.85. The lowest BCUT2D eigenvalue weighted by atomic mass is 10.1. The quantitative estimate of drug-likeness (QED) is 0.672. The maximum absolute atomic E-state index is 12.7. The van der Waals surface area contributed by atoms with Gasteiger partial charge < -0.3 is 0 Å². The van der Waals surface area contributed by atoms with E-state index in [1.807, 2.05) is 18.1 Å². The first kappa shape index (κ1) is 15.4. The van der Waals surface area contributed by atoms with Crippen LogP contribution in [0.25, 0.3) is 0 Å². The fourth-order valence-electron chi connectivity index (χ4n) is 2.17. The number of hydrazone groups is 1. The molecule has 0 unspecified atom stereocenters. The van der Waals surface area contributed by atoms with E-state index < -0.39 is 11.7 Å². The third-order valence-electron chi connectivity index (χ3n) is 3.26. The first-order chi connectivity index (χ1) is 10.4. The molecule has 2 heterocycles. The molecule has 1 aromatic rings. The number of nitrogens with zero attached hydrogens (tertiary/aromatic N) is 3. The molecule has 0 saturated heterocycles. The minimum Gasteiger partial charge on any atom is -0.257 e. The Labute approximate surface area is 136 Å². The molecule has 0 aliphatic carbocycles. The molecule has 0 saturated carbocycles. The second-order valence-corrected chi connectivity index (χ2v) is 7.72. The Morgan fingerprint density at radius 1 is 1.23 bits per heavy atom. The van der Waals surface area contributed by atoms with E-state index in [1.54, 1.807) is 12.3 Å². The summed E-state index contributed by atoms with van der Waals surface area (Å²) in [5.74, 6) is 0. The number of aliphatic imine (C=N–C) groups is 1. The number of aryl methyl sites for hydroxylation is 1. The minimum atomic E-state index is -4.29. The maximum atomic E-state index is 12.7. The molecule has 3 nitrogen and oxygen atoms in total. The lowest BCUT2D eigenvalue weighted by Crippen LogP contribution is -2.24. The Morgan fingerprint density at radius 2 is 2.05 bits per heavy atom. The number of alkyl halides is 3. The monoisotopic (exact) mass is 419 g/mol. The van der Waals surface area contributed by atoms with Crippen molar-refractivity contribution >= 4 is 33.8 Å². The van der Waals surface area contributed by atoms with Crippen LogP contribution in [-0.2, 0) is 12.6 Å². The van der Waals surface area contributed by atoms with Crippen LogP contribution in [0.1, 0.15) is 24.5 Å². The Kier molecular flexibility index (Phi) is 4.16. The lowest BCUT2D eigenvalue weighted by Gasteiger charge is -2.14. The molecule has 0 amide bonds. The van der Waals surface area contributed by atoms with Crippen LogP contribution in [0.15, 0.2) is 46.8 Å². The Bertz CT molecular complexity index is 717. The summed E-state index contributed by atoms with van der Waals surface area (Å²) in [6, 6.07) is 5.52. The van der Waals surface area contributed by atoms with Crippen molar-refractivity contribution in [3.05, 3.63) is 47.8 Å². The molecule has 0 N–H and O–H groups in total. The number of hydrogen-bond donors (Lipinski definition) is 0. The Hall–Kier alpha value is -1.51. The molecule has 22 heavy (non-hydrogen) atoms. The van der Waals surface area contributed by atoms with Crippen LogP contribution < -0.4 is 0 Å². The van der Waals surface area contributed by atoms with Gasteiger partial charge in [0.1, 0.15) is 3.63 Å². The van der Waals surface area contributed by atoms with Gasteiger partial charge in [-0.15, -0.1) is 0 Å². The minimum absolute atomic E-state index is 0.366. The number of rotatable bonds is 3. The molecule has 2 aliphatic rings. The third kappa shape index (κ3) is 3.29. The molecule has 1 aromatic carbocycles. The van der Waals surface area contributed by atoms with E-state index in [2.05, 4.69) is 10.1 Å². The number of hydrogen-bond acceptors (Lipinski definition) is 3. The van der Waals surface area contributed by atoms with Crippen molar-refractivity contribution in [1.29, 1.82) is 0 Å². The Balaban J connectivity index is 1.70. The smallest absolute Gasteiger partial charge is 0.257 e. The van der Waals surface area contributed by atoms with Gasteiger partial charge in [0, 0.05) is 18.8 Å². The summed E-state index contributed by atoms with van der Waals surface area (Å²) in [6.45, 7) is 1.96. The summed E-state index contributed by atoms with van der Waals surface area (Å²) >= 11 is -0.366. The zero-order chi connectivity index (χ0) is 15.7. The summed E-state index contributed by atoms with van der Waals surface area (Å²) in [7, 11) is 0. The summed E-state index contributed by atoms with van der Waals surface area (Å²) in [5.41, 5.74) is 1.08. The van der Waals surface area contributed by atoms with E-state index in [0.717, 1.165) is 19.1 Å². The van der Waals surface area contributed by atoms with E-state index in [9.17, 15) is 13.2 Å². The second-order valence-electron chi connectivity index (χ2n) is 4.92. The molecule has 0 atom stereocenters. The van der Waals surface area contributed by atoms with Crippen LogP contribution in [0, 0.1) is 0 Å². The molecule has 116 valence electrons. The molecule has 0 spiro atoms. The van der Waals surface area contributed by atoms with Crippen LogP contribution >= 0.6 is 20.7 Å². The molecular formula is C15H13F3IN3. The third-order valence-corrected chi connectivity index (χ3v) is 6.43. The van der Waals surface area contributed by atoms with Gasteiger partial charge in [0.25, 0.3) is 0 Å². The molecule has 0 bridgehead atoms. The average molecular weight is 419 g/mol. The van der Waals surface area contributed by atoms with Crippen molar-refractivity contribution < 1.29 is 13.2 Å². The highest BCUT2D eigenvalue weighted by Crippen LogP contribution is 2.30. The zero-order valence-electron chi connectivity index (χ0n) is 11.7. The summed E-state index contributed by atoms with van der Waals surface area (Å²) < 4.78 is 40.3. The lowest BCUT2D eigenvalue weighted by molar-refractivity contribution is -0.137. The van der Waals surface area contributed by atoms with Crippen molar-refractivity contribution in [3.63, 3.8) is 0 Å². The van der Waals surface area contributed by atoms with Crippen LogP contribution in [0.5, 0.6) is 0 Å². The van der Waals surface area contributed by atoms with Crippen LogP contribution in [0.2, 0.25) is 0 Å². The van der Waals surface area contributed by atoms with E-state index in [4.69, 9.17) is 0 Å². The van der Waals surface area contributed by atoms with Gasteiger partial charge in [0.15, 0.2) is 0 Å². The van der Waals surface area contributed by atoms with Crippen LogP contribution in [0.3, 0.4) is 0 Å². The van der Waals surface area contributed by atoms with Gasteiger partial charge in [0.05, 0.1) is 15.0 Å². The maximum Gasteiger partial charge on any atom is 0.416 e. The summed E-state index contributed by atoms with van der Waals surface area (Å²) in [4.78, 5) is 4.25. The SMILES string of the molecule is CC1=NC=CN2N=C(CCc3cccc(C(F)(F)F)c3)I=C12. The first-order valence-electron chi connectivity index (χ1n) is 6.69. The van der Waals surface area contributed by atoms with Crippen molar-refractivity contribution in [3.8, 4) is 0 Å². The van der Waals surface area contributed by atoms with E-state index in [1.165, 1.54) is 12.1 Å². The molecule has 7 heteroatoms. The molecular weight excluding hydrogens is 406 g/mol. The van der Waals surface area contributed by atoms with Gasteiger partial charge >= 0.3 is 6.18 Å². The highest BCUT2D eigenvalue weighted by atomic mass is 127. The van der Waals surface area contributed by atoms with Crippen molar-refractivity contribution in [1.82, 2.24) is 5.01 Å². The fraction of sp³-hybridized carbons (Fsp3) is 0.267.